The highest BCUT2D eigenvalue weighted by atomic mass is 32.1. The highest BCUT2D eigenvalue weighted by molar-refractivity contribution is 7.85. The summed E-state index contributed by atoms with van der Waals surface area (Å²) in [5, 5.41) is 58.8. The minimum absolute atomic E-state index is 0.0153. The van der Waals surface area contributed by atoms with Gasteiger partial charge in [0.25, 0.3) is 0 Å². The number of thiol groups is 1. The van der Waals surface area contributed by atoms with Crippen LogP contribution in [0, 0.1) is 28.9 Å². The number of hydrogen-bond donors (Lipinski definition) is 5. The molecule has 4 heterocycles. The van der Waals surface area contributed by atoms with Crippen LogP contribution < -0.4 is 0 Å². The second-order valence-corrected chi connectivity index (χ2v) is 22.0. The average molecular weight is 1040 g/mol. The van der Waals surface area contributed by atoms with Crippen molar-refractivity contribution < 1.29 is 62.8 Å². The number of cyclic esters (lactones) is 1. The highest BCUT2D eigenvalue weighted by Crippen LogP contribution is 2.40. The second kappa shape index (κ2) is 25.8. The molecule has 1 aromatic carbocycles. The summed E-state index contributed by atoms with van der Waals surface area (Å²) in [5.74, 6) is 0.327. The van der Waals surface area contributed by atoms with Crippen molar-refractivity contribution in [2.24, 2.45) is 17.8 Å². The standard InChI is InChI=1S/C53H86FN5O12S/c1-15-42-53(10,64)47(60)35(6)58(12)29-31(2)26-51(8,63)49(33(4)45(34(5)50(62)69-42)70-44-27-52(9,66-14)48(61)36(7)68-44)71-43-25-40(24-32(3)67-43)57(11)22-20-39-30-59(56-55-39)41(28-54)46(65-13)38-18-16-37(17-19-38)21-23-72/h16-19,30-36,40-49,60-61,63-64,72H,15,20,22,24-29H2,1-14H3/t31-,32-,33+,34-,35-,36+,40+,41-,42-,43+,44+,45+,46-,47-,48+,49-,51-,52-,53-/m1/s1. The normalized spacial score (nSPS) is 38.8. The number of rotatable bonds is 15. The molecule has 0 bridgehead atoms. The molecule has 0 amide bonds. The van der Waals surface area contributed by atoms with Crippen LogP contribution in [0.1, 0.15) is 130 Å². The summed E-state index contributed by atoms with van der Waals surface area (Å²) in [4.78, 5) is 18.7. The summed E-state index contributed by atoms with van der Waals surface area (Å²) in [7, 11) is 6.95. The zero-order valence-corrected chi connectivity index (χ0v) is 46.0. The van der Waals surface area contributed by atoms with Crippen LogP contribution in [-0.4, -0.2) is 183 Å². The summed E-state index contributed by atoms with van der Waals surface area (Å²) in [6, 6.07) is 6.08. The zero-order valence-electron chi connectivity index (χ0n) is 45.1. The molecule has 408 valence electrons. The SMILES string of the molecule is CC[C@H]1OC(=O)[C@H](C)[C@@H](O[C@H]2C[C@@](C)(OC)[C@@H](O)[C@H](C)O2)[C@H](C)[C@@H](O[C@H]2C[C@@H](N(C)CCc3cn([C@H](CF)[C@H](OC)c4ccc(C#CS)cc4)nn3)C[C@@H](C)O2)[C@](C)(O)C[C@@H](C)CN(C)[C@H](C)[C@@H](O)[C@]1(C)O. The number of alkyl halides is 1. The first-order valence-corrected chi connectivity index (χ1v) is 26.1. The predicted octanol–water partition coefficient (Wildman–Crippen LogP) is 5.27. The molecule has 0 aliphatic carbocycles. The Kier molecular flexibility index (Phi) is 21.5. The van der Waals surface area contributed by atoms with Gasteiger partial charge in [-0.25, -0.2) is 9.07 Å². The van der Waals surface area contributed by atoms with Crippen LogP contribution in [0.5, 0.6) is 0 Å². The summed E-state index contributed by atoms with van der Waals surface area (Å²) < 4.78 is 60.7. The van der Waals surface area contributed by atoms with Gasteiger partial charge in [-0.05, 0) is 111 Å². The molecule has 72 heavy (non-hydrogen) atoms. The number of ether oxygens (including phenoxy) is 7. The molecule has 5 rings (SSSR count). The Balaban J connectivity index is 1.42. The number of aliphatic hydroxyl groups is 4. The molecule has 19 atom stereocenters. The maximum atomic E-state index is 14.7. The van der Waals surface area contributed by atoms with Crippen molar-refractivity contribution in [3.8, 4) is 11.2 Å². The molecule has 3 aliphatic rings. The van der Waals surface area contributed by atoms with Gasteiger partial charge < -0.3 is 63.4 Å². The quantitative estimate of drug-likeness (QED) is 0.0878. The Bertz CT molecular complexity index is 2080. The molecule has 3 fully saturated rings. The Morgan fingerprint density at radius 2 is 1.67 bits per heavy atom. The van der Waals surface area contributed by atoms with E-state index in [-0.39, 0.29) is 37.3 Å². The monoisotopic (exact) mass is 1040 g/mol. The average Bonchev–Trinajstić information content (AvgIpc) is 3.81. The number of carbonyl (C=O) groups excluding carboxylic acids is 1. The summed E-state index contributed by atoms with van der Waals surface area (Å²) in [6.07, 6.45) is -4.59. The van der Waals surface area contributed by atoms with Crippen molar-refractivity contribution in [2.45, 2.75) is 204 Å². The number of methoxy groups -OCH3 is 2. The van der Waals surface area contributed by atoms with Crippen LogP contribution >= 0.6 is 12.6 Å². The molecular formula is C53H86FN5O12S. The molecule has 3 aliphatic heterocycles. The fraction of sp³-hybridized carbons (Fsp3) is 0.792. The first-order chi connectivity index (χ1) is 33.8. The van der Waals surface area contributed by atoms with Crippen LogP contribution in [0.3, 0.4) is 0 Å². The maximum Gasteiger partial charge on any atom is 0.311 e. The number of likely N-dealkylation sites (N-methyl/N-ethyl adjacent to an activating group) is 2. The lowest BCUT2D eigenvalue weighted by Gasteiger charge is -2.48. The molecule has 0 radical (unpaired) electrons. The van der Waals surface area contributed by atoms with E-state index in [9.17, 15) is 29.6 Å². The van der Waals surface area contributed by atoms with Gasteiger partial charge in [0.15, 0.2) is 12.6 Å². The lowest BCUT2D eigenvalue weighted by atomic mass is 9.77. The van der Waals surface area contributed by atoms with E-state index in [1.807, 2.05) is 71.0 Å². The van der Waals surface area contributed by atoms with Crippen molar-refractivity contribution in [3.63, 3.8) is 0 Å². The van der Waals surface area contributed by atoms with Crippen LogP contribution in [0.4, 0.5) is 4.39 Å². The number of halogens is 1. The molecule has 2 aromatic rings. The van der Waals surface area contributed by atoms with E-state index in [2.05, 4.69) is 39.0 Å². The highest BCUT2D eigenvalue weighted by Gasteiger charge is 2.52. The van der Waals surface area contributed by atoms with E-state index in [1.165, 1.54) is 18.7 Å². The lowest BCUT2D eigenvalue weighted by molar-refractivity contribution is -0.308. The van der Waals surface area contributed by atoms with Crippen LogP contribution in [0.25, 0.3) is 0 Å². The Hall–Kier alpha value is -2.81. The molecule has 0 unspecified atom stereocenters. The van der Waals surface area contributed by atoms with E-state index < -0.39 is 109 Å². The number of nitrogens with zero attached hydrogens (tertiary/aromatic N) is 5. The van der Waals surface area contributed by atoms with E-state index >= 15 is 0 Å². The third-order valence-corrected chi connectivity index (χ3v) is 16.0. The molecule has 17 nitrogen and oxygen atoms in total. The first-order valence-electron chi connectivity index (χ1n) is 25.7. The molecular weight excluding hydrogens is 950 g/mol. The number of hydrogen-bond acceptors (Lipinski definition) is 17. The predicted molar refractivity (Wildman–Crippen MR) is 273 cm³/mol. The lowest BCUT2D eigenvalue weighted by Crippen LogP contribution is -2.59. The fourth-order valence-corrected chi connectivity index (χ4v) is 11.4. The molecule has 19 heteroatoms. The van der Waals surface area contributed by atoms with Gasteiger partial charge in [-0.2, -0.15) is 0 Å². The summed E-state index contributed by atoms with van der Waals surface area (Å²) >= 11 is 3.98. The third-order valence-electron chi connectivity index (χ3n) is 15.8. The minimum Gasteiger partial charge on any atom is -0.459 e. The van der Waals surface area contributed by atoms with Crippen LogP contribution in [-0.2, 0) is 44.4 Å². The number of benzene rings is 1. The van der Waals surface area contributed by atoms with Crippen molar-refractivity contribution in [2.75, 3.05) is 48.1 Å². The number of esters is 1. The van der Waals surface area contributed by atoms with Gasteiger partial charge in [-0.15, -0.1) is 5.10 Å². The van der Waals surface area contributed by atoms with Crippen molar-refractivity contribution in [1.29, 1.82) is 0 Å². The van der Waals surface area contributed by atoms with Crippen LogP contribution in [0.2, 0.25) is 0 Å². The van der Waals surface area contributed by atoms with E-state index in [0.717, 1.165) is 11.1 Å². The first kappa shape index (κ1) is 60.1. The van der Waals surface area contributed by atoms with E-state index in [4.69, 9.17) is 33.2 Å². The van der Waals surface area contributed by atoms with Gasteiger partial charge in [0.05, 0.1) is 47.2 Å². The summed E-state index contributed by atoms with van der Waals surface area (Å²) in [5.41, 5.74) is -2.15. The number of carbonyl (C=O) groups is 1. The second-order valence-electron chi connectivity index (χ2n) is 21.8. The van der Waals surface area contributed by atoms with Gasteiger partial charge in [-0.1, -0.05) is 56.7 Å². The Morgan fingerprint density at radius 3 is 2.28 bits per heavy atom. The molecule has 3 saturated heterocycles. The molecule has 0 spiro atoms. The largest absolute Gasteiger partial charge is 0.459 e. The van der Waals surface area contributed by atoms with Crippen molar-refractivity contribution in [3.05, 3.63) is 47.3 Å². The Labute approximate surface area is 433 Å². The molecule has 4 N–H and O–H groups in total. The van der Waals surface area contributed by atoms with Gasteiger partial charge in [0, 0.05) is 76.3 Å². The summed E-state index contributed by atoms with van der Waals surface area (Å²) in [6.45, 7) is 18.2. The maximum absolute atomic E-state index is 14.7. The van der Waals surface area contributed by atoms with E-state index in [0.29, 0.717) is 38.0 Å². The number of aromatic nitrogens is 3. The van der Waals surface area contributed by atoms with E-state index in [1.54, 1.807) is 47.9 Å². The zero-order chi connectivity index (χ0) is 53.5. The third kappa shape index (κ3) is 14.4. The fourth-order valence-electron chi connectivity index (χ4n) is 11.3. The molecule has 1 aromatic heterocycles. The topological polar surface area (TPSA) is 200 Å². The smallest absolute Gasteiger partial charge is 0.311 e. The van der Waals surface area contributed by atoms with Gasteiger partial charge in [-0.3, -0.25) is 4.79 Å². The van der Waals surface area contributed by atoms with Crippen molar-refractivity contribution >= 4 is 18.6 Å². The van der Waals surface area contributed by atoms with Crippen LogP contribution in [0.15, 0.2) is 30.5 Å². The minimum atomic E-state index is -1.82. The van der Waals surface area contributed by atoms with Gasteiger partial charge in [0.2, 0.25) is 0 Å². The number of aliphatic hydroxyl groups excluding tert-OH is 2. The van der Waals surface area contributed by atoms with Crippen molar-refractivity contribution in [1.82, 2.24) is 24.8 Å². The Morgan fingerprint density at radius 1 is 0.986 bits per heavy atom. The molecule has 0 saturated carbocycles. The van der Waals surface area contributed by atoms with Gasteiger partial charge >= 0.3 is 5.97 Å². The van der Waals surface area contributed by atoms with Gasteiger partial charge in [0.1, 0.15) is 42.7 Å².